The Labute approximate surface area is 97.4 Å². The van der Waals surface area contributed by atoms with Crippen LogP contribution in [0.25, 0.3) is 10.9 Å². The molecule has 0 bridgehead atoms. The molecular formula is C12H12N2O3. The Bertz CT molecular complexity index is 569. The number of aromatic amines is 1. The van der Waals surface area contributed by atoms with E-state index >= 15 is 0 Å². The molecule has 1 amide bonds. The average Bonchev–Trinajstić information content (AvgIpc) is 2.81. The van der Waals surface area contributed by atoms with E-state index in [1.54, 1.807) is 0 Å². The van der Waals surface area contributed by atoms with Crippen molar-refractivity contribution in [2.24, 2.45) is 0 Å². The van der Waals surface area contributed by atoms with Crippen LogP contribution in [-0.4, -0.2) is 24.2 Å². The normalized spacial score (nSPS) is 13.5. The minimum atomic E-state index is -0.296. The van der Waals surface area contributed by atoms with Crippen molar-refractivity contribution < 1.29 is 9.53 Å². The van der Waals surface area contributed by atoms with Crippen molar-refractivity contribution in [1.82, 2.24) is 10.3 Å². The summed E-state index contributed by atoms with van der Waals surface area (Å²) in [5.74, 6) is 0. The third-order valence-electron chi connectivity index (χ3n) is 2.24. The average molecular weight is 232 g/mol. The number of cyclic esters (lactones) is 1. The fourth-order valence-electron chi connectivity index (χ4n) is 1.44. The van der Waals surface area contributed by atoms with E-state index in [0.717, 1.165) is 10.9 Å². The highest BCUT2D eigenvalue weighted by Crippen LogP contribution is 2.06. The lowest BCUT2D eigenvalue weighted by atomic mass is 10.2. The van der Waals surface area contributed by atoms with Gasteiger partial charge in [0.05, 0.1) is 6.54 Å². The largest absolute Gasteiger partial charge is 0.448 e. The first-order valence-electron chi connectivity index (χ1n) is 5.24. The number of hydrogen-bond donors (Lipinski definition) is 2. The van der Waals surface area contributed by atoms with Crippen LogP contribution in [0.3, 0.4) is 0 Å². The van der Waals surface area contributed by atoms with Crippen LogP contribution in [0.1, 0.15) is 0 Å². The molecule has 17 heavy (non-hydrogen) atoms. The molecule has 1 aliphatic heterocycles. The lowest BCUT2D eigenvalue weighted by Crippen LogP contribution is -2.11. The maximum atomic E-state index is 10.8. The number of H-pyrrole nitrogens is 1. The summed E-state index contributed by atoms with van der Waals surface area (Å²) in [6.45, 7) is 1.19. The highest BCUT2D eigenvalue weighted by molar-refractivity contribution is 5.77. The second kappa shape index (κ2) is 5.16. The Kier molecular flexibility index (Phi) is 3.40. The van der Waals surface area contributed by atoms with Crippen LogP contribution < -0.4 is 10.9 Å². The van der Waals surface area contributed by atoms with Gasteiger partial charge in [-0.1, -0.05) is 18.2 Å². The summed E-state index contributed by atoms with van der Waals surface area (Å²) in [5.41, 5.74) is 0.837. The number of carbonyl (C=O) groups excluding carboxylic acids is 1. The number of nitrogens with one attached hydrogen (secondary N) is 2. The van der Waals surface area contributed by atoms with E-state index in [1.807, 2.05) is 30.3 Å². The van der Waals surface area contributed by atoms with Gasteiger partial charge in [0.15, 0.2) is 0 Å². The number of para-hydroxylation sites is 1. The number of amides is 1. The van der Waals surface area contributed by atoms with Crippen molar-refractivity contribution in [2.45, 2.75) is 0 Å². The van der Waals surface area contributed by atoms with E-state index in [-0.39, 0.29) is 11.7 Å². The molecular weight excluding hydrogens is 220 g/mol. The van der Waals surface area contributed by atoms with Gasteiger partial charge in [-0.15, -0.1) is 0 Å². The molecule has 2 aromatic rings. The highest BCUT2D eigenvalue weighted by Gasteiger charge is 2.06. The van der Waals surface area contributed by atoms with Crippen LogP contribution in [0, 0.1) is 0 Å². The Morgan fingerprint density at radius 1 is 1.06 bits per heavy atom. The molecule has 5 nitrogen and oxygen atoms in total. The molecule has 5 heteroatoms. The number of alkyl carbamates (subject to hydrolysis) is 1. The van der Waals surface area contributed by atoms with E-state index in [9.17, 15) is 9.59 Å². The van der Waals surface area contributed by atoms with Gasteiger partial charge in [0.1, 0.15) is 6.61 Å². The van der Waals surface area contributed by atoms with Gasteiger partial charge >= 0.3 is 6.09 Å². The predicted octanol–water partition coefficient (Wildman–Crippen LogP) is 1.25. The quantitative estimate of drug-likeness (QED) is 0.718. The van der Waals surface area contributed by atoms with Gasteiger partial charge in [-0.05, 0) is 17.5 Å². The monoisotopic (exact) mass is 232 g/mol. The first-order valence-corrected chi connectivity index (χ1v) is 5.24. The molecule has 0 saturated carbocycles. The zero-order valence-corrected chi connectivity index (χ0v) is 9.10. The van der Waals surface area contributed by atoms with E-state index in [2.05, 4.69) is 15.0 Å². The molecule has 1 fully saturated rings. The van der Waals surface area contributed by atoms with Gasteiger partial charge in [0.2, 0.25) is 5.56 Å². The first-order chi connectivity index (χ1) is 8.25. The van der Waals surface area contributed by atoms with E-state index in [4.69, 9.17) is 0 Å². The molecule has 2 heterocycles. The molecule has 0 unspecified atom stereocenters. The molecule has 1 aromatic heterocycles. The Balaban J connectivity index is 0.000000153. The zero-order valence-electron chi connectivity index (χ0n) is 9.10. The lowest BCUT2D eigenvalue weighted by Gasteiger charge is -1.93. The number of benzene rings is 1. The van der Waals surface area contributed by atoms with E-state index < -0.39 is 0 Å². The van der Waals surface area contributed by atoms with E-state index in [1.165, 1.54) is 6.07 Å². The van der Waals surface area contributed by atoms with Crippen LogP contribution in [-0.2, 0) is 4.74 Å². The summed E-state index contributed by atoms with van der Waals surface area (Å²) in [7, 11) is 0. The van der Waals surface area contributed by atoms with Gasteiger partial charge in [-0.3, -0.25) is 4.79 Å². The van der Waals surface area contributed by atoms with Gasteiger partial charge in [-0.25, -0.2) is 4.79 Å². The third-order valence-corrected chi connectivity index (χ3v) is 2.24. The number of pyridine rings is 1. The third kappa shape index (κ3) is 3.07. The Morgan fingerprint density at radius 2 is 1.88 bits per heavy atom. The standard InChI is InChI=1S/C9H7NO.C3H5NO2/c11-9-6-5-7-3-1-2-4-8(7)10-9;5-3-4-1-2-6-3/h1-6H,(H,10,11);1-2H2,(H,4,5). The van der Waals surface area contributed by atoms with Crippen LogP contribution in [0.4, 0.5) is 4.79 Å². The van der Waals surface area contributed by atoms with Crippen molar-refractivity contribution in [3.05, 3.63) is 46.8 Å². The van der Waals surface area contributed by atoms with Gasteiger partial charge in [-0.2, -0.15) is 0 Å². The second-order valence-corrected chi connectivity index (χ2v) is 3.47. The first kappa shape index (κ1) is 11.2. The molecule has 0 spiro atoms. The molecule has 0 radical (unpaired) electrons. The molecule has 1 aromatic carbocycles. The number of fused-ring (bicyclic) bond motifs is 1. The fraction of sp³-hybridized carbons (Fsp3) is 0.167. The molecule has 1 aliphatic rings. The topological polar surface area (TPSA) is 71.2 Å². The number of hydrogen-bond acceptors (Lipinski definition) is 3. The summed E-state index contributed by atoms with van der Waals surface area (Å²) in [5, 5.41) is 3.52. The SMILES string of the molecule is O=C1NCCO1.O=c1ccc2ccccc2[nH]1. The Hall–Kier alpha value is -2.30. The lowest BCUT2D eigenvalue weighted by molar-refractivity contribution is 0.178. The summed E-state index contributed by atoms with van der Waals surface area (Å²) < 4.78 is 4.40. The predicted molar refractivity (Wildman–Crippen MR) is 63.9 cm³/mol. The molecule has 2 N–H and O–H groups in total. The van der Waals surface area contributed by atoms with Gasteiger partial charge < -0.3 is 15.0 Å². The van der Waals surface area contributed by atoms with Crippen LogP contribution in [0.5, 0.6) is 0 Å². The minimum Gasteiger partial charge on any atom is -0.448 e. The summed E-state index contributed by atoms with van der Waals surface area (Å²) in [4.78, 5) is 23.5. The molecule has 0 atom stereocenters. The highest BCUT2D eigenvalue weighted by atomic mass is 16.6. The summed E-state index contributed by atoms with van der Waals surface area (Å²) >= 11 is 0. The second-order valence-electron chi connectivity index (χ2n) is 3.47. The zero-order chi connectivity index (χ0) is 12.1. The van der Waals surface area contributed by atoms with Crippen molar-refractivity contribution in [3.8, 4) is 0 Å². The number of ether oxygens (including phenoxy) is 1. The van der Waals surface area contributed by atoms with E-state index in [0.29, 0.717) is 13.2 Å². The Morgan fingerprint density at radius 3 is 2.53 bits per heavy atom. The number of aromatic nitrogens is 1. The van der Waals surface area contributed by atoms with Crippen LogP contribution in [0.2, 0.25) is 0 Å². The van der Waals surface area contributed by atoms with Crippen LogP contribution >= 0.6 is 0 Å². The summed E-state index contributed by atoms with van der Waals surface area (Å²) in [6.07, 6.45) is -0.296. The maximum absolute atomic E-state index is 10.8. The fourth-order valence-corrected chi connectivity index (χ4v) is 1.44. The molecule has 3 rings (SSSR count). The summed E-state index contributed by atoms with van der Waals surface area (Å²) in [6, 6.07) is 11.0. The van der Waals surface area contributed by atoms with Gasteiger partial charge in [0.25, 0.3) is 0 Å². The van der Waals surface area contributed by atoms with Crippen molar-refractivity contribution in [3.63, 3.8) is 0 Å². The van der Waals surface area contributed by atoms with Gasteiger partial charge in [0, 0.05) is 11.6 Å². The number of rotatable bonds is 0. The smallest absolute Gasteiger partial charge is 0.407 e. The number of carbonyl (C=O) groups is 1. The minimum absolute atomic E-state index is 0.0521. The maximum Gasteiger partial charge on any atom is 0.407 e. The van der Waals surface area contributed by atoms with Crippen LogP contribution in [0.15, 0.2) is 41.2 Å². The molecule has 0 aliphatic carbocycles. The van der Waals surface area contributed by atoms with Crippen molar-refractivity contribution in [1.29, 1.82) is 0 Å². The van der Waals surface area contributed by atoms with Crippen molar-refractivity contribution >= 4 is 17.0 Å². The molecule has 1 saturated heterocycles. The van der Waals surface area contributed by atoms with Crippen molar-refractivity contribution in [2.75, 3.05) is 13.2 Å². The molecule has 88 valence electrons.